The maximum atomic E-state index is 13.3. The normalized spacial score (nSPS) is 22.9. The number of fused-ring (bicyclic) bond motifs is 2. The SMILES string of the molecule is O=C(CCCCC1SCC2NC(=O)NC21)CCC(=O)NCCCCCC(=O)N/N=C(/CC1NCCCC1O)Cn1cnc2cc(Br)c(Cl)cc2c1=O. The number of thioether (sulfide) groups is 1. The Hall–Kier alpha value is -3.05. The van der Waals surface area contributed by atoms with Gasteiger partial charge >= 0.3 is 6.03 Å². The van der Waals surface area contributed by atoms with Crippen molar-refractivity contribution in [3.8, 4) is 0 Å². The van der Waals surface area contributed by atoms with Gasteiger partial charge in [-0.3, -0.25) is 23.7 Å². The number of halogens is 2. The molecule has 14 nitrogen and oxygen atoms in total. The summed E-state index contributed by atoms with van der Waals surface area (Å²) < 4.78 is 2.05. The molecule has 0 bridgehead atoms. The van der Waals surface area contributed by atoms with Gasteiger partial charge in [0.2, 0.25) is 11.8 Å². The maximum Gasteiger partial charge on any atom is 0.315 e. The van der Waals surface area contributed by atoms with E-state index in [0.29, 0.717) is 70.0 Å². The fourth-order valence-electron chi connectivity index (χ4n) is 6.80. The fourth-order valence-corrected chi connectivity index (χ4v) is 8.83. The number of carbonyl (C=O) groups excluding carboxylic acids is 4. The molecular weight excluding hydrogens is 776 g/mol. The van der Waals surface area contributed by atoms with Gasteiger partial charge in [0.15, 0.2) is 0 Å². The number of benzene rings is 1. The van der Waals surface area contributed by atoms with Crippen molar-refractivity contribution in [2.24, 2.45) is 5.10 Å². The molecule has 3 fully saturated rings. The summed E-state index contributed by atoms with van der Waals surface area (Å²) in [5.74, 6) is 0.586. The van der Waals surface area contributed by atoms with E-state index in [1.54, 1.807) is 12.1 Å². The predicted octanol–water partition coefficient (Wildman–Crippen LogP) is 3.54. The van der Waals surface area contributed by atoms with Gasteiger partial charge in [0.1, 0.15) is 5.78 Å². The number of aliphatic hydroxyl groups is 1. The summed E-state index contributed by atoms with van der Waals surface area (Å²) in [7, 11) is 0. The molecule has 3 saturated heterocycles. The highest BCUT2D eigenvalue weighted by Gasteiger charge is 2.42. The fraction of sp³-hybridized carbons (Fsp3) is 0.629. The molecule has 2 aromatic rings. The lowest BCUT2D eigenvalue weighted by Gasteiger charge is -2.29. The van der Waals surface area contributed by atoms with E-state index in [-0.39, 0.29) is 73.1 Å². The van der Waals surface area contributed by atoms with E-state index >= 15 is 0 Å². The zero-order chi connectivity index (χ0) is 37.0. The van der Waals surface area contributed by atoms with Crippen LogP contribution in [0, 0.1) is 0 Å². The Kier molecular flexibility index (Phi) is 15.3. The highest BCUT2D eigenvalue weighted by molar-refractivity contribution is 9.10. The van der Waals surface area contributed by atoms with Crippen LogP contribution in [0.5, 0.6) is 0 Å². The Bertz CT molecular complexity index is 1690. The van der Waals surface area contributed by atoms with Crippen LogP contribution in [0.2, 0.25) is 5.02 Å². The number of piperidine rings is 1. The molecule has 1 aromatic heterocycles. The molecule has 1 aromatic carbocycles. The number of aromatic nitrogens is 2. The summed E-state index contributed by atoms with van der Waals surface area (Å²) in [5.41, 5.74) is 3.33. The first-order valence-electron chi connectivity index (χ1n) is 18.1. The summed E-state index contributed by atoms with van der Waals surface area (Å²) in [5, 5.41) is 28.1. The number of ketones is 1. The van der Waals surface area contributed by atoms with Crippen molar-refractivity contribution < 1.29 is 24.3 Å². The first kappa shape index (κ1) is 40.1. The summed E-state index contributed by atoms with van der Waals surface area (Å²) in [6.07, 6.45) is 8.49. The Morgan fingerprint density at radius 2 is 1.88 bits per heavy atom. The van der Waals surface area contributed by atoms with Gasteiger partial charge in [0, 0.05) is 60.2 Å². The standard InChI is InChI=1S/C35H48BrClN8O6S/c36-24-17-26-23(16-25(24)37)34(50)45(20-40-26)18-21(15-27-29(47)8-6-14-38-27)43-44-32(49)10-2-1-5-13-39-31(48)12-11-22(46)7-3-4-9-30-33-28(19-52-30)41-35(51)42-33/h16-17,20,27-30,33,38,47H,1-15,18-19H2,(H,39,48)(H,44,49)(H2,41,42,51)/b43-21-. The monoisotopic (exact) mass is 822 g/mol. The minimum absolute atomic E-state index is 0.0758. The van der Waals surface area contributed by atoms with Gasteiger partial charge in [0.25, 0.3) is 5.56 Å². The van der Waals surface area contributed by atoms with Crippen LogP contribution < -0.4 is 32.3 Å². The summed E-state index contributed by atoms with van der Waals surface area (Å²) in [6.45, 7) is 1.30. The van der Waals surface area contributed by atoms with Crippen molar-refractivity contribution in [1.82, 2.24) is 36.2 Å². The van der Waals surface area contributed by atoms with Gasteiger partial charge in [-0.1, -0.05) is 24.4 Å². The smallest absolute Gasteiger partial charge is 0.315 e. The Morgan fingerprint density at radius 3 is 2.71 bits per heavy atom. The molecule has 0 aliphatic carbocycles. The molecule has 284 valence electrons. The lowest BCUT2D eigenvalue weighted by molar-refractivity contribution is -0.125. The Morgan fingerprint density at radius 1 is 1.06 bits per heavy atom. The number of rotatable bonds is 19. The molecule has 3 aliphatic heterocycles. The van der Waals surface area contributed by atoms with Crippen molar-refractivity contribution in [2.45, 2.75) is 119 Å². The predicted molar refractivity (Wildman–Crippen MR) is 206 cm³/mol. The van der Waals surface area contributed by atoms with Crippen LogP contribution in [-0.2, 0) is 20.9 Å². The molecule has 5 unspecified atom stereocenters. The van der Waals surface area contributed by atoms with Crippen molar-refractivity contribution in [2.75, 3.05) is 18.8 Å². The third kappa shape index (κ3) is 11.7. The van der Waals surface area contributed by atoms with Crippen LogP contribution in [-0.4, -0.2) is 92.3 Å². The number of urea groups is 1. The second kappa shape index (κ2) is 19.9. The van der Waals surface area contributed by atoms with Crippen LogP contribution in [0.3, 0.4) is 0 Å². The number of aliphatic hydroxyl groups excluding tert-OH is 1. The van der Waals surface area contributed by atoms with E-state index in [9.17, 15) is 29.1 Å². The molecule has 17 heteroatoms. The molecule has 5 atom stereocenters. The Balaban J connectivity index is 0.972. The van der Waals surface area contributed by atoms with Crippen molar-refractivity contribution in [3.63, 3.8) is 0 Å². The summed E-state index contributed by atoms with van der Waals surface area (Å²) in [6, 6.07) is 3.28. The summed E-state index contributed by atoms with van der Waals surface area (Å²) >= 11 is 11.5. The second-order valence-electron chi connectivity index (χ2n) is 13.7. The van der Waals surface area contributed by atoms with E-state index in [0.717, 1.165) is 44.4 Å². The number of hydrogen-bond acceptors (Lipinski definition) is 10. The topological polar surface area (TPSA) is 196 Å². The highest BCUT2D eigenvalue weighted by Crippen LogP contribution is 2.33. The van der Waals surface area contributed by atoms with Gasteiger partial charge in [0.05, 0.1) is 52.7 Å². The van der Waals surface area contributed by atoms with E-state index < -0.39 is 6.10 Å². The minimum Gasteiger partial charge on any atom is -0.391 e. The second-order valence-corrected chi connectivity index (χ2v) is 16.2. The van der Waals surface area contributed by atoms with Crippen molar-refractivity contribution in [1.29, 1.82) is 0 Å². The molecule has 4 amide bonds. The molecule has 3 aliphatic rings. The molecule has 6 N–H and O–H groups in total. The molecule has 52 heavy (non-hydrogen) atoms. The van der Waals surface area contributed by atoms with Crippen LogP contribution in [0.4, 0.5) is 4.79 Å². The van der Waals surface area contributed by atoms with Gasteiger partial charge in [-0.2, -0.15) is 16.9 Å². The average Bonchev–Trinajstić information content (AvgIpc) is 3.68. The number of Topliss-reactive ketones (excluding diaryl/α,β-unsaturated/α-hetero) is 1. The molecular formula is C35H48BrClN8O6S. The average molecular weight is 824 g/mol. The Labute approximate surface area is 320 Å². The molecule has 0 saturated carbocycles. The molecule has 5 rings (SSSR count). The van der Waals surface area contributed by atoms with Crippen LogP contribution in [0.15, 0.2) is 32.8 Å². The lowest BCUT2D eigenvalue weighted by Crippen LogP contribution is -2.46. The largest absolute Gasteiger partial charge is 0.391 e. The molecule has 0 radical (unpaired) electrons. The number of hydrazone groups is 1. The number of nitrogens with one attached hydrogen (secondary N) is 5. The first-order chi connectivity index (χ1) is 25.1. The highest BCUT2D eigenvalue weighted by atomic mass is 79.9. The third-order valence-corrected chi connectivity index (χ3v) is 12.4. The van der Waals surface area contributed by atoms with Gasteiger partial charge in [-0.15, -0.1) is 0 Å². The first-order valence-corrected chi connectivity index (χ1v) is 20.4. The van der Waals surface area contributed by atoms with E-state index in [1.165, 1.54) is 10.9 Å². The number of carbonyl (C=O) groups is 4. The number of hydrogen-bond donors (Lipinski definition) is 6. The number of amides is 4. The van der Waals surface area contributed by atoms with E-state index in [2.05, 4.69) is 52.7 Å². The quantitative estimate of drug-likeness (QED) is 0.0532. The minimum atomic E-state index is -0.569. The van der Waals surface area contributed by atoms with Crippen LogP contribution in [0.25, 0.3) is 10.9 Å². The number of unbranched alkanes of at least 4 members (excludes halogenated alkanes) is 3. The zero-order valence-corrected chi connectivity index (χ0v) is 32.3. The maximum absolute atomic E-state index is 13.3. The van der Waals surface area contributed by atoms with Crippen LogP contribution in [0.1, 0.15) is 83.5 Å². The van der Waals surface area contributed by atoms with E-state index in [1.807, 2.05) is 11.8 Å². The van der Waals surface area contributed by atoms with Gasteiger partial charge < -0.3 is 26.4 Å². The molecule has 0 spiro atoms. The zero-order valence-electron chi connectivity index (χ0n) is 29.1. The molecule has 4 heterocycles. The van der Waals surface area contributed by atoms with E-state index in [4.69, 9.17) is 11.6 Å². The third-order valence-electron chi connectivity index (χ3n) is 9.73. The lowest BCUT2D eigenvalue weighted by atomic mass is 9.96. The summed E-state index contributed by atoms with van der Waals surface area (Å²) in [4.78, 5) is 66.4. The van der Waals surface area contributed by atoms with Gasteiger partial charge in [-0.25, -0.2) is 15.2 Å². The number of nitrogens with zero attached hydrogens (tertiary/aromatic N) is 3. The van der Waals surface area contributed by atoms with Gasteiger partial charge in [-0.05, 0) is 73.1 Å². The van der Waals surface area contributed by atoms with Crippen molar-refractivity contribution in [3.05, 3.63) is 38.3 Å². The van der Waals surface area contributed by atoms with Crippen LogP contribution >= 0.6 is 39.3 Å². The van der Waals surface area contributed by atoms with Crippen molar-refractivity contribution >= 4 is 79.5 Å².